The smallest absolute Gasteiger partial charge is 0.232 e. The Morgan fingerprint density at radius 1 is 1.00 bits per heavy atom. The van der Waals surface area contributed by atoms with Crippen molar-refractivity contribution in [3.63, 3.8) is 0 Å². The number of amides is 1. The molecule has 0 aromatic heterocycles. The topological polar surface area (TPSA) is 66.5 Å². The van der Waals surface area contributed by atoms with E-state index >= 15 is 0 Å². The predicted octanol–water partition coefficient (Wildman–Crippen LogP) is 5.48. The molecule has 0 aliphatic heterocycles. The standard InChI is InChI=1S/C27H33FN2O3S/c1-34(32,33)30(25-6-3-2-5-24(25)28)12-4-7-26(31)29-23-10-8-22(9-11-23)27-16-19-13-20(17-27)15-21(14-19)18-27/h2-3,5-6,8-11,19-21H,4,7,12-18H2,1H3,(H,29,31). The molecule has 5 nitrogen and oxygen atoms in total. The number of sulfonamides is 1. The molecule has 34 heavy (non-hydrogen) atoms. The van der Waals surface area contributed by atoms with Crippen LogP contribution in [0, 0.1) is 23.6 Å². The number of rotatable bonds is 8. The summed E-state index contributed by atoms with van der Waals surface area (Å²) < 4.78 is 39.5. The number of benzene rings is 2. The Bertz CT molecular complexity index is 1130. The van der Waals surface area contributed by atoms with Crippen LogP contribution in [0.4, 0.5) is 15.8 Å². The van der Waals surface area contributed by atoms with Gasteiger partial charge < -0.3 is 5.32 Å². The minimum atomic E-state index is -3.66. The van der Waals surface area contributed by atoms with Gasteiger partial charge in [-0.1, -0.05) is 24.3 Å². The highest BCUT2D eigenvalue weighted by Crippen LogP contribution is 2.60. The Morgan fingerprint density at radius 2 is 1.59 bits per heavy atom. The highest BCUT2D eigenvalue weighted by molar-refractivity contribution is 7.92. The van der Waals surface area contributed by atoms with Gasteiger partial charge in [0.1, 0.15) is 5.82 Å². The van der Waals surface area contributed by atoms with Crippen LogP contribution in [0.2, 0.25) is 0 Å². The van der Waals surface area contributed by atoms with E-state index in [2.05, 4.69) is 17.4 Å². The zero-order chi connectivity index (χ0) is 23.9. The van der Waals surface area contributed by atoms with Crippen molar-refractivity contribution in [3.05, 3.63) is 59.9 Å². The van der Waals surface area contributed by atoms with Gasteiger partial charge in [-0.15, -0.1) is 0 Å². The molecule has 1 N–H and O–H groups in total. The number of nitrogens with one attached hydrogen (secondary N) is 1. The van der Waals surface area contributed by atoms with Gasteiger partial charge in [0.25, 0.3) is 0 Å². The van der Waals surface area contributed by atoms with Crippen molar-refractivity contribution in [3.8, 4) is 0 Å². The lowest BCUT2D eigenvalue weighted by molar-refractivity contribution is -0.116. The lowest BCUT2D eigenvalue weighted by Gasteiger charge is -2.57. The summed E-state index contributed by atoms with van der Waals surface area (Å²) in [5, 5.41) is 2.93. The van der Waals surface area contributed by atoms with E-state index in [-0.39, 0.29) is 24.6 Å². The van der Waals surface area contributed by atoms with Gasteiger partial charge in [-0.3, -0.25) is 9.10 Å². The van der Waals surface area contributed by atoms with Crippen LogP contribution in [-0.4, -0.2) is 27.1 Å². The normalized spacial score (nSPS) is 27.5. The molecule has 4 bridgehead atoms. The summed E-state index contributed by atoms with van der Waals surface area (Å²) in [5.41, 5.74) is 2.51. The van der Waals surface area contributed by atoms with Crippen LogP contribution < -0.4 is 9.62 Å². The molecular formula is C27H33FN2O3S. The number of nitrogens with zero attached hydrogens (tertiary/aromatic N) is 1. The monoisotopic (exact) mass is 484 g/mol. The van der Waals surface area contributed by atoms with Gasteiger partial charge in [-0.05, 0) is 97.9 Å². The SMILES string of the molecule is CS(=O)(=O)N(CCCC(=O)Nc1ccc(C23CC4CC(CC(C4)C2)C3)cc1)c1ccccc1F. The number of hydrogen-bond acceptors (Lipinski definition) is 3. The molecule has 182 valence electrons. The summed E-state index contributed by atoms with van der Waals surface area (Å²) in [6.07, 6.45) is 9.67. The van der Waals surface area contributed by atoms with Crippen molar-refractivity contribution < 1.29 is 17.6 Å². The fourth-order valence-electron chi connectivity index (χ4n) is 7.10. The van der Waals surface area contributed by atoms with E-state index in [1.165, 1.54) is 62.3 Å². The van der Waals surface area contributed by atoms with Gasteiger partial charge >= 0.3 is 0 Å². The maximum absolute atomic E-state index is 14.1. The van der Waals surface area contributed by atoms with Gasteiger partial charge in [0, 0.05) is 18.7 Å². The highest BCUT2D eigenvalue weighted by atomic mass is 32.2. The predicted molar refractivity (Wildman–Crippen MR) is 133 cm³/mol. The van der Waals surface area contributed by atoms with Crippen molar-refractivity contribution in [1.29, 1.82) is 0 Å². The zero-order valence-electron chi connectivity index (χ0n) is 19.7. The molecular weight excluding hydrogens is 451 g/mol. The van der Waals surface area contributed by atoms with Gasteiger partial charge in [-0.2, -0.15) is 0 Å². The molecule has 4 aliphatic carbocycles. The Labute approximate surface area is 201 Å². The Kier molecular flexibility index (Phi) is 6.17. The third-order valence-corrected chi connectivity index (χ3v) is 9.29. The molecule has 0 atom stereocenters. The second-order valence-corrected chi connectivity index (χ2v) is 12.6. The molecule has 4 aliphatic rings. The minimum Gasteiger partial charge on any atom is -0.326 e. The van der Waals surface area contributed by atoms with E-state index in [1.807, 2.05) is 12.1 Å². The van der Waals surface area contributed by atoms with Crippen LogP contribution >= 0.6 is 0 Å². The largest absolute Gasteiger partial charge is 0.326 e. The van der Waals surface area contributed by atoms with Crippen LogP contribution in [0.15, 0.2) is 48.5 Å². The summed E-state index contributed by atoms with van der Waals surface area (Å²) >= 11 is 0. The average molecular weight is 485 g/mol. The van der Waals surface area contributed by atoms with E-state index < -0.39 is 15.8 Å². The Balaban J connectivity index is 1.17. The second-order valence-electron chi connectivity index (χ2n) is 10.7. The fourth-order valence-corrected chi connectivity index (χ4v) is 8.06. The number of para-hydroxylation sites is 1. The molecule has 0 unspecified atom stereocenters. The molecule has 6 rings (SSSR count). The third kappa shape index (κ3) is 4.72. The molecule has 2 aromatic carbocycles. The number of anilines is 2. The van der Waals surface area contributed by atoms with Crippen LogP contribution in [-0.2, 0) is 20.2 Å². The number of halogens is 1. The second kappa shape index (κ2) is 8.99. The van der Waals surface area contributed by atoms with E-state index in [0.717, 1.165) is 34.0 Å². The lowest BCUT2D eigenvalue weighted by atomic mass is 9.48. The molecule has 7 heteroatoms. The molecule has 0 heterocycles. The fraction of sp³-hybridized carbons (Fsp3) is 0.519. The van der Waals surface area contributed by atoms with Crippen LogP contribution in [0.25, 0.3) is 0 Å². The Hall–Kier alpha value is -2.41. The van der Waals surface area contributed by atoms with Crippen LogP contribution in [0.5, 0.6) is 0 Å². The molecule has 0 spiro atoms. The third-order valence-electron chi connectivity index (χ3n) is 8.11. The van der Waals surface area contributed by atoms with Crippen LogP contribution in [0.3, 0.4) is 0 Å². The van der Waals surface area contributed by atoms with Gasteiger partial charge in [0.15, 0.2) is 0 Å². The summed E-state index contributed by atoms with van der Waals surface area (Å²) in [4.78, 5) is 12.5. The number of carbonyl (C=O) groups is 1. The molecule has 4 saturated carbocycles. The van der Waals surface area contributed by atoms with Crippen molar-refractivity contribution in [1.82, 2.24) is 0 Å². The summed E-state index contributed by atoms with van der Waals surface area (Å²) in [5.74, 6) is 1.89. The zero-order valence-corrected chi connectivity index (χ0v) is 20.5. The first-order valence-electron chi connectivity index (χ1n) is 12.3. The van der Waals surface area contributed by atoms with E-state index in [4.69, 9.17) is 0 Å². The maximum Gasteiger partial charge on any atom is 0.232 e. The molecule has 0 saturated heterocycles. The lowest BCUT2D eigenvalue weighted by Crippen LogP contribution is -2.48. The van der Waals surface area contributed by atoms with Crippen molar-refractivity contribution in [2.45, 2.75) is 56.8 Å². The molecule has 2 aromatic rings. The van der Waals surface area contributed by atoms with E-state index in [1.54, 1.807) is 6.07 Å². The highest BCUT2D eigenvalue weighted by Gasteiger charge is 2.51. The minimum absolute atomic E-state index is 0.00525. The average Bonchev–Trinajstić information content (AvgIpc) is 2.76. The summed E-state index contributed by atoms with van der Waals surface area (Å²) in [6, 6.07) is 14.1. The van der Waals surface area contributed by atoms with Gasteiger partial charge in [-0.25, -0.2) is 12.8 Å². The van der Waals surface area contributed by atoms with Crippen molar-refractivity contribution >= 4 is 27.3 Å². The summed E-state index contributed by atoms with van der Waals surface area (Å²) in [6.45, 7) is 0.0398. The van der Waals surface area contributed by atoms with Crippen molar-refractivity contribution in [2.75, 3.05) is 22.4 Å². The maximum atomic E-state index is 14.1. The number of hydrogen-bond donors (Lipinski definition) is 1. The molecule has 0 radical (unpaired) electrons. The molecule has 4 fully saturated rings. The summed E-state index contributed by atoms with van der Waals surface area (Å²) in [7, 11) is -3.66. The van der Waals surface area contributed by atoms with Gasteiger partial charge in [0.2, 0.25) is 15.9 Å². The van der Waals surface area contributed by atoms with E-state index in [9.17, 15) is 17.6 Å². The first-order valence-corrected chi connectivity index (χ1v) is 14.2. The first-order chi connectivity index (χ1) is 16.2. The van der Waals surface area contributed by atoms with Crippen LogP contribution in [0.1, 0.15) is 56.9 Å². The Morgan fingerprint density at radius 3 is 2.15 bits per heavy atom. The van der Waals surface area contributed by atoms with E-state index in [0.29, 0.717) is 11.8 Å². The number of carbonyl (C=O) groups excluding carboxylic acids is 1. The quantitative estimate of drug-likeness (QED) is 0.540. The molecule has 1 amide bonds. The van der Waals surface area contributed by atoms with Gasteiger partial charge in [0.05, 0.1) is 11.9 Å². The van der Waals surface area contributed by atoms with Crippen molar-refractivity contribution in [2.24, 2.45) is 17.8 Å². The first kappa shape index (κ1) is 23.3.